The van der Waals surface area contributed by atoms with Crippen molar-refractivity contribution in [1.82, 2.24) is 10.0 Å². The number of carbonyl (C=O) groups excluding carboxylic acids is 1. The molecule has 2 rings (SSSR count). The number of benzene rings is 2. The topological polar surface area (TPSA) is 101 Å². The molecular formula is C20H29N3O3S. The quantitative estimate of drug-likeness (QED) is 0.611. The SMILES string of the molecule is CC(C)CC(C)(CN)NC(=O)CCNS(=O)(=O)c1ccc2ccccc2c1. The molecule has 7 heteroatoms. The van der Waals surface area contributed by atoms with Crippen molar-refractivity contribution in [2.45, 2.75) is 44.0 Å². The number of amides is 1. The molecule has 0 heterocycles. The summed E-state index contributed by atoms with van der Waals surface area (Å²) in [6.07, 6.45) is 0.818. The summed E-state index contributed by atoms with van der Waals surface area (Å²) in [5.74, 6) is 0.176. The Morgan fingerprint density at radius 3 is 2.44 bits per heavy atom. The maximum Gasteiger partial charge on any atom is 0.240 e. The molecule has 148 valence electrons. The van der Waals surface area contributed by atoms with Crippen molar-refractivity contribution >= 4 is 26.7 Å². The maximum absolute atomic E-state index is 12.5. The molecule has 27 heavy (non-hydrogen) atoms. The number of carbonyl (C=O) groups is 1. The highest BCUT2D eigenvalue weighted by Gasteiger charge is 2.25. The van der Waals surface area contributed by atoms with E-state index >= 15 is 0 Å². The second kappa shape index (κ2) is 8.82. The van der Waals surface area contributed by atoms with Crippen molar-refractivity contribution < 1.29 is 13.2 Å². The van der Waals surface area contributed by atoms with Gasteiger partial charge in [0.15, 0.2) is 0 Å². The number of hydrogen-bond donors (Lipinski definition) is 3. The van der Waals surface area contributed by atoms with Gasteiger partial charge in [-0.1, -0.05) is 44.2 Å². The first-order valence-corrected chi connectivity index (χ1v) is 10.6. The summed E-state index contributed by atoms with van der Waals surface area (Å²) >= 11 is 0. The predicted molar refractivity (Wildman–Crippen MR) is 109 cm³/mol. The Morgan fingerprint density at radius 2 is 1.81 bits per heavy atom. The number of nitrogens with two attached hydrogens (primary N) is 1. The third-order valence-electron chi connectivity index (χ3n) is 4.43. The molecule has 4 N–H and O–H groups in total. The van der Waals surface area contributed by atoms with E-state index in [0.717, 1.165) is 17.2 Å². The van der Waals surface area contributed by atoms with Crippen molar-refractivity contribution in [3.63, 3.8) is 0 Å². The Kier molecular flexibility index (Phi) is 6.97. The van der Waals surface area contributed by atoms with Gasteiger partial charge in [0.2, 0.25) is 15.9 Å². The third kappa shape index (κ3) is 6.02. The minimum absolute atomic E-state index is 0.0311. The van der Waals surface area contributed by atoms with E-state index in [0.29, 0.717) is 12.5 Å². The second-order valence-electron chi connectivity index (χ2n) is 7.57. The van der Waals surface area contributed by atoms with Gasteiger partial charge in [-0.2, -0.15) is 0 Å². The molecule has 2 aromatic carbocycles. The summed E-state index contributed by atoms with van der Waals surface area (Å²) in [6.45, 7) is 6.41. The van der Waals surface area contributed by atoms with Gasteiger partial charge in [0.1, 0.15) is 0 Å². The van der Waals surface area contributed by atoms with Crippen LogP contribution < -0.4 is 15.8 Å². The molecule has 1 atom stereocenters. The summed E-state index contributed by atoms with van der Waals surface area (Å²) < 4.78 is 27.5. The molecule has 1 amide bonds. The van der Waals surface area contributed by atoms with Crippen LogP contribution in [0.3, 0.4) is 0 Å². The molecule has 0 bridgehead atoms. The van der Waals surface area contributed by atoms with Crippen LogP contribution in [0.25, 0.3) is 10.8 Å². The van der Waals surface area contributed by atoms with Crippen LogP contribution >= 0.6 is 0 Å². The van der Waals surface area contributed by atoms with Crippen molar-refractivity contribution in [2.24, 2.45) is 11.7 Å². The van der Waals surface area contributed by atoms with Gasteiger partial charge in [0, 0.05) is 25.0 Å². The molecule has 0 radical (unpaired) electrons. The van der Waals surface area contributed by atoms with Crippen LogP contribution in [0.1, 0.15) is 33.6 Å². The average Bonchev–Trinajstić information content (AvgIpc) is 2.60. The van der Waals surface area contributed by atoms with Gasteiger partial charge in [-0.05, 0) is 42.2 Å². The minimum Gasteiger partial charge on any atom is -0.350 e. The molecule has 0 saturated heterocycles. The first kappa shape index (κ1) is 21.3. The zero-order valence-electron chi connectivity index (χ0n) is 16.2. The number of nitrogens with one attached hydrogen (secondary N) is 2. The Labute approximate surface area is 161 Å². The Morgan fingerprint density at radius 1 is 1.15 bits per heavy atom. The van der Waals surface area contributed by atoms with Crippen LogP contribution in [-0.2, 0) is 14.8 Å². The fourth-order valence-corrected chi connectivity index (χ4v) is 4.27. The molecule has 0 aliphatic carbocycles. The molecule has 0 fully saturated rings. The molecule has 0 saturated carbocycles. The lowest BCUT2D eigenvalue weighted by Crippen LogP contribution is -2.52. The molecule has 0 aromatic heterocycles. The van der Waals surface area contributed by atoms with Crippen LogP contribution in [0, 0.1) is 5.92 Å². The van der Waals surface area contributed by atoms with Crippen LogP contribution in [0.4, 0.5) is 0 Å². The second-order valence-corrected chi connectivity index (χ2v) is 9.33. The van der Waals surface area contributed by atoms with E-state index in [2.05, 4.69) is 23.9 Å². The molecule has 1 unspecified atom stereocenters. The predicted octanol–water partition coefficient (Wildman–Crippen LogP) is 2.39. The van der Waals surface area contributed by atoms with Gasteiger partial charge in [0.05, 0.1) is 4.90 Å². The summed E-state index contributed by atoms with van der Waals surface area (Å²) in [4.78, 5) is 12.4. The van der Waals surface area contributed by atoms with Crippen LogP contribution in [0.2, 0.25) is 0 Å². The first-order valence-electron chi connectivity index (χ1n) is 9.15. The monoisotopic (exact) mass is 391 g/mol. The van der Waals surface area contributed by atoms with Crippen molar-refractivity contribution in [2.75, 3.05) is 13.1 Å². The summed E-state index contributed by atoms with van der Waals surface area (Å²) in [6, 6.07) is 12.5. The van der Waals surface area contributed by atoms with Crippen LogP contribution in [-0.4, -0.2) is 33.0 Å². The maximum atomic E-state index is 12.5. The lowest BCUT2D eigenvalue weighted by Gasteiger charge is -2.31. The lowest BCUT2D eigenvalue weighted by atomic mass is 9.90. The molecule has 0 aliphatic rings. The van der Waals surface area contributed by atoms with Gasteiger partial charge in [-0.3, -0.25) is 4.79 Å². The highest BCUT2D eigenvalue weighted by Crippen LogP contribution is 2.19. The fourth-order valence-electron chi connectivity index (χ4n) is 3.20. The Balaban J connectivity index is 1.95. The van der Waals surface area contributed by atoms with Gasteiger partial charge < -0.3 is 11.1 Å². The van der Waals surface area contributed by atoms with Gasteiger partial charge in [0.25, 0.3) is 0 Å². The molecule has 0 spiro atoms. The standard InChI is InChI=1S/C20H29N3O3S/c1-15(2)13-20(3,14-21)23-19(24)10-11-22-27(25,26)18-9-8-16-6-4-5-7-17(16)12-18/h4-9,12,15,22H,10-11,13-14,21H2,1-3H3,(H,23,24). The molecular weight excluding hydrogens is 362 g/mol. The van der Waals surface area contributed by atoms with E-state index in [-0.39, 0.29) is 23.8 Å². The lowest BCUT2D eigenvalue weighted by molar-refractivity contribution is -0.122. The van der Waals surface area contributed by atoms with Crippen LogP contribution in [0.5, 0.6) is 0 Å². The number of fused-ring (bicyclic) bond motifs is 1. The first-order chi connectivity index (χ1) is 12.6. The molecule has 2 aromatic rings. The zero-order chi connectivity index (χ0) is 20.1. The number of hydrogen-bond acceptors (Lipinski definition) is 4. The van der Waals surface area contributed by atoms with E-state index < -0.39 is 15.6 Å². The summed E-state index contributed by atoms with van der Waals surface area (Å²) in [5, 5.41) is 4.75. The van der Waals surface area contributed by atoms with Crippen LogP contribution in [0.15, 0.2) is 47.4 Å². The highest BCUT2D eigenvalue weighted by molar-refractivity contribution is 7.89. The van der Waals surface area contributed by atoms with E-state index in [9.17, 15) is 13.2 Å². The van der Waals surface area contributed by atoms with Crippen molar-refractivity contribution in [3.8, 4) is 0 Å². The van der Waals surface area contributed by atoms with Gasteiger partial charge >= 0.3 is 0 Å². The average molecular weight is 392 g/mol. The highest BCUT2D eigenvalue weighted by atomic mass is 32.2. The number of rotatable bonds is 9. The van der Waals surface area contributed by atoms with Gasteiger partial charge in [-0.25, -0.2) is 13.1 Å². The zero-order valence-corrected chi connectivity index (χ0v) is 17.0. The Hall–Kier alpha value is -1.96. The fraction of sp³-hybridized carbons (Fsp3) is 0.450. The minimum atomic E-state index is -3.67. The largest absolute Gasteiger partial charge is 0.350 e. The summed E-state index contributed by atoms with van der Waals surface area (Å²) in [7, 11) is -3.67. The van der Waals surface area contributed by atoms with Crippen molar-refractivity contribution in [3.05, 3.63) is 42.5 Å². The van der Waals surface area contributed by atoms with Gasteiger partial charge in [-0.15, -0.1) is 0 Å². The Bertz CT molecular complexity index is 896. The molecule has 0 aliphatic heterocycles. The van der Waals surface area contributed by atoms with E-state index in [4.69, 9.17) is 5.73 Å². The molecule has 6 nitrogen and oxygen atoms in total. The third-order valence-corrected chi connectivity index (χ3v) is 5.88. The smallest absolute Gasteiger partial charge is 0.240 e. The van der Waals surface area contributed by atoms with E-state index in [1.807, 2.05) is 31.2 Å². The summed E-state index contributed by atoms with van der Waals surface area (Å²) in [5.41, 5.74) is 5.31. The van der Waals surface area contributed by atoms with E-state index in [1.54, 1.807) is 18.2 Å². The number of sulfonamides is 1. The van der Waals surface area contributed by atoms with E-state index in [1.165, 1.54) is 0 Å². The van der Waals surface area contributed by atoms with Crippen molar-refractivity contribution in [1.29, 1.82) is 0 Å². The normalized spacial score (nSPS) is 14.3.